The number of imidazole rings is 1. The Balaban J connectivity index is 1.49. The lowest BCUT2D eigenvalue weighted by Gasteiger charge is -2.32. The van der Waals surface area contributed by atoms with Gasteiger partial charge in [-0.3, -0.25) is 4.79 Å². The molecule has 2 aromatic rings. The van der Waals surface area contributed by atoms with E-state index in [0.717, 1.165) is 55.4 Å². The molecule has 1 aliphatic heterocycles. The monoisotopic (exact) mass is 312 g/mol. The average Bonchev–Trinajstić information content (AvgIpc) is 3.36. The number of hydrogen-bond acceptors (Lipinski definition) is 3. The van der Waals surface area contributed by atoms with Crippen LogP contribution < -0.4 is 10.2 Å². The minimum absolute atomic E-state index is 0.0855. The van der Waals surface area contributed by atoms with Gasteiger partial charge >= 0.3 is 0 Å². The first-order valence-corrected chi connectivity index (χ1v) is 8.66. The minimum Gasteiger partial charge on any atom is -0.356 e. The summed E-state index contributed by atoms with van der Waals surface area (Å²) in [5.41, 5.74) is 2.16. The second-order valence-corrected chi connectivity index (χ2v) is 6.93. The first kappa shape index (κ1) is 14.5. The molecule has 4 rings (SSSR count). The molecule has 5 heteroatoms. The van der Waals surface area contributed by atoms with E-state index in [9.17, 15) is 4.79 Å². The van der Waals surface area contributed by atoms with E-state index in [1.807, 2.05) is 18.2 Å². The zero-order valence-corrected chi connectivity index (χ0v) is 13.7. The zero-order chi connectivity index (χ0) is 15.8. The van der Waals surface area contributed by atoms with E-state index in [1.54, 1.807) is 0 Å². The highest BCUT2D eigenvalue weighted by Gasteiger charge is 2.29. The van der Waals surface area contributed by atoms with Crippen LogP contribution in [0.15, 0.2) is 24.3 Å². The van der Waals surface area contributed by atoms with Crippen LogP contribution in [0.2, 0.25) is 0 Å². The van der Waals surface area contributed by atoms with Gasteiger partial charge in [0, 0.05) is 26.7 Å². The Morgan fingerprint density at radius 2 is 2.13 bits per heavy atom. The molecule has 1 N–H and O–H groups in total. The maximum atomic E-state index is 12.4. The molecule has 1 saturated heterocycles. The maximum absolute atomic E-state index is 12.4. The zero-order valence-electron chi connectivity index (χ0n) is 13.7. The number of nitrogens with zero attached hydrogens (tertiary/aromatic N) is 3. The molecule has 1 saturated carbocycles. The lowest BCUT2D eigenvalue weighted by Crippen LogP contribution is -2.44. The van der Waals surface area contributed by atoms with Crippen LogP contribution in [0.25, 0.3) is 11.0 Å². The van der Waals surface area contributed by atoms with E-state index < -0.39 is 0 Å². The molecular formula is C18H24N4O. The summed E-state index contributed by atoms with van der Waals surface area (Å²) in [6.45, 7) is 2.61. The highest BCUT2D eigenvalue weighted by Crippen LogP contribution is 2.28. The van der Waals surface area contributed by atoms with Gasteiger partial charge in [-0.1, -0.05) is 12.1 Å². The van der Waals surface area contributed by atoms with E-state index in [2.05, 4.69) is 27.9 Å². The summed E-state index contributed by atoms with van der Waals surface area (Å²) in [7, 11) is 2.06. The molecular weight excluding hydrogens is 288 g/mol. The summed E-state index contributed by atoms with van der Waals surface area (Å²) in [5.74, 6) is 2.02. The third-order valence-electron chi connectivity index (χ3n) is 5.10. The minimum atomic E-state index is 0.0855. The predicted molar refractivity (Wildman–Crippen MR) is 91.4 cm³/mol. The molecule has 2 heterocycles. The van der Waals surface area contributed by atoms with Crippen LogP contribution >= 0.6 is 0 Å². The van der Waals surface area contributed by atoms with Gasteiger partial charge < -0.3 is 14.8 Å². The fourth-order valence-electron chi connectivity index (χ4n) is 3.50. The van der Waals surface area contributed by atoms with Crippen molar-refractivity contribution in [2.75, 3.05) is 24.5 Å². The normalized spacial score (nSPS) is 21.6. The van der Waals surface area contributed by atoms with Crippen LogP contribution in [0.4, 0.5) is 5.95 Å². The van der Waals surface area contributed by atoms with E-state index in [0.29, 0.717) is 0 Å². The fourth-order valence-corrected chi connectivity index (χ4v) is 3.50. The lowest BCUT2D eigenvalue weighted by atomic mass is 9.97. The van der Waals surface area contributed by atoms with Crippen molar-refractivity contribution in [3.05, 3.63) is 24.3 Å². The van der Waals surface area contributed by atoms with E-state index in [-0.39, 0.29) is 11.8 Å². The Kier molecular flexibility index (Phi) is 3.71. The molecule has 2 aliphatic rings. The van der Waals surface area contributed by atoms with Crippen LogP contribution in [0.3, 0.4) is 0 Å². The van der Waals surface area contributed by atoms with Crippen molar-refractivity contribution >= 4 is 22.9 Å². The van der Waals surface area contributed by atoms with Crippen molar-refractivity contribution in [1.29, 1.82) is 0 Å². The van der Waals surface area contributed by atoms with Crippen LogP contribution in [0.5, 0.6) is 0 Å². The van der Waals surface area contributed by atoms with Gasteiger partial charge in [-0.2, -0.15) is 0 Å². The predicted octanol–water partition coefficient (Wildman–Crippen LogP) is 2.32. The first-order valence-electron chi connectivity index (χ1n) is 8.66. The number of aryl methyl sites for hydroxylation is 1. The molecule has 0 bridgehead atoms. The average molecular weight is 312 g/mol. The summed E-state index contributed by atoms with van der Waals surface area (Å²) < 4.78 is 2.14. The molecule has 2 fully saturated rings. The van der Waals surface area contributed by atoms with E-state index in [4.69, 9.17) is 4.98 Å². The van der Waals surface area contributed by atoms with Crippen molar-refractivity contribution in [2.24, 2.45) is 18.9 Å². The van der Waals surface area contributed by atoms with E-state index in [1.165, 1.54) is 12.8 Å². The molecule has 1 atom stereocenters. The van der Waals surface area contributed by atoms with Gasteiger partial charge in [0.1, 0.15) is 0 Å². The summed E-state index contributed by atoms with van der Waals surface area (Å²) in [5, 5.41) is 3.13. The number of anilines is 1. The number of carbonyl (C=O) groups is 1. The first-order chi connectivity index (χ1) is 11.2. The van der Waals surface area contributed by atoms with Crippen LogP contribution in [-0.2, 0) is 11.8 Å². The summed E-state index contributed by atoms with van der Waals surface area (Å²) in [6.07, 6.45) is 4.58. The molecule has 5 nitrogen and oxygen atoms in total. The molecule has 0 unspecified atom stereocenters. The van der Waals surface area contributed by atoms with Gasteiger partial charge in [0.15, 0.2) is 0 Å². The molecule has 1 aliphatic carbocycles. The Morgan fingerprint density at radius 3 is 2.91 bits per heavy atom. The Morgan fingerprint density at radius 1 is 1.30 bits per heavy atom. The molecule has 0 spiro atoms. The number of fused-ring (bicyclic) bond motifs is 1. The Hall–Kier alpha value is -2.04. The van der Waals surface area contributed by atoms with Gasteiger partial charge in [-0.15, -0.1) is 0 Å². The fraction of sp³-hybridized carbons (Fsp3) is 0.556. The number of nitrogens with one attached hydrogen (secondary N) is 1. The number of hydrogen-bond donors (Lipinski definition) is 1. The highest BCUT2D eigenvalue weighted by molar-refractivity contribution is 5.81. The second kappa shape index (κ2) is 5.87. The van der Waals surface area contributed by atoms with Crippen LogP contribution in [0.1, 0.15) is 25.7 Å². The third kappa shape index (κ3) is 2.92. The summed E-state index contributed by atoms with van der Waals surface area (Å²) >= 11 is 0. The van der Waals surface area contributed by atoms with Crippen LogP contribution in [-0.4, -0.2) is 35.1 Å². The molecule has 23 heavy (non-hydrogen) atoms. The molecule has 1 amide bonds. The lowest BCUT2D eigenvalue weighted by molar-refractivity contribution is -0.125. The van der Waals surface area contributed by atoms with Gasteiger partial charge in [-0.05, 0) is 43.7 Å². The molecule has 122 valence electrons. The van der Waals surface area contributed by atoms with Gasteiger partial charge in [-0.25, -0.2) is 4.98 Å². The molecule has 1 aromatic heterocycles. The number of para-hydroxylation sites is 2. The number of rotatable bonds is 4. The Bertz CT molecular complexity index is 719. The van der Waals surface area contributed by atoms with Crippen molar-refractivity contribution in [2.45, 2.75) is 25.7 Å². The summed E-state index contributed by atoms with van der Waals surface area (Å²) in [4.78, 5) is 19.4. The number of piperidine rings is 1. The standard InChI is InChI=1S/C18H24N4O/c1-21-16-7-3-2-6-15(16)20-18(21)22-10-4-5-14(12-22)17(23)19-11-13-8-9-13/h2-3,6-7,13-14H,4-5,8-12H2,1H3,(H,19,23)/t14-/m0/s1. The van der Waals surface area contributed by atoms with Crippen molar-refractivity contribution in [3.63, 3.8) is 0 Å². The second-order valence-electron chi connectivity index (χ2n) is 6.93. The van der Waals surface area contributed by atoms with Crippen molar-refractivity contribution < 1.29 is 4.79 Å². The third-order valence-corrected chi connectivity index (χ3v) is 5.10. The van der Waals surface area contributed by atoms with Gasteiger partial charge in [0.25, 0.3) is 0 Å². The molecule has 0 radical (unpaired) electrons. The van der Waals surface area contributed by atoms with Crippen LogP contribution in [0, 0.1) is 11.8 Å². The number of carbonyl (C=O) groups excluding carboxylic acids is 1. The van der Waals surface area contributed by atoms with Crippen molar-refractivity contribution in [1.82, 2.24) is 14.9 Å². The van der Waals surface area contributed by atoms with Crippen molar-refractivity contribution in [3.8, 4) is 0 Å². The quantitative estimate of drug-likeness (QED) is 0.942. The Labute approximate surface area is 136 Å². The van der Waals surface area contributed by atoms with Gasteiger partial charge in [0.05, 0.1) is 17.0 Å². The largest absolute Gasteiger partial charge is 0.356 e. The smallest absolute Gasteiger partial charge is 0.224 e. The van der Waals surface area contributed by atoms with Gasteiger partial charge in [0.2, 0.25) is 11.9 Å². The topological polar surface area (TPSA) is 50.2 Å². The number of amides is 1. The van der Waals surface area contributed by atoms with E-state index >= 15 is 0 Å². The highest BCUT2D eigenvalue weighted by atomic mass is 16.1. The maximum Gasteiger partial charge on any atom is 0.224 e. The SMILES string of the molecule is Cn1c(N2CCC[C@H](C(=O)NCC3CC3)C2)nc2ccccc21. The number of benzene rings is 1. The summed E-state index contributed by atoms with van der Waals surface area (Å²) in [6, 6.07) is 8.19. The number of aromatic nitrogens is 2. The molecule has 1 aromatic carbocycles.